The van der Waals surface area contributed by atoms with Crippen LogP contribution in [0.15, 0.2) is 24.4 Å². The number of aromatic amines is 1. The number of ether oxygens (including phenoxy) is 2. The highest BCUT2D eigenvalue weighted by Crippen LogP contribution is 2.27. The van der Waals surface area contributed by atoms with E-state index in [4.69, 9.17) is 15.2 Å². The number of benzene rings is 1. The lowest BCUT2D eigenvalue weighted by Gasteiger charge is -2.09. The van der Waals surface area contributed by atoms with Gasteiger partial charge in [-0.3, -0.25) is 0 Å². The molecule has 0 radical (unpaired) electrons. The number of aromatic nitrogens is 1. The molecule has 2 rings (SSSR count). The van der Waals surface area contributed by atoms with Crippen LogP contribution in [0, 0.1) is 0 Å². The molecule has 0 bridgehead atoms. The Labute approximate surface area is 117 Å². The Morgan fingerprint density at radius 3 is 2.84 bits per heavy atom. The van der Waals surface area contributed by atoms with Crippen LogP contribution >= 0.6 is 12.4 Å². The van der Waals surface area contributed by atoms with Crippen molar-refractivity contribution < 1.29 is 14.3 Å². The number of nitrogens with two attached hydrogens (primary N) is 1. The van der Waals surface area contributed by atoms with Gasteiger partial charge in [-0.15, -0.1) is 12.4 Å². The predicted molar refractivity (Wildman–Crippen MR) is 75.7 cm³/mol. The summed E-state index contributed by atoms with van der Waals surface area (Å²) in [6.07, 6.45) is 1.73. The predicted octanol–water partition coefficient (Wildman–Crippen LogP) is 2.16. The van der Waals surface area contributed by atoms with Gasteiger partial charge in [-0.1, -0.05) is 0 Å². The second-order valence-electron chi connectivity index (χ2n) is 3.89. The quantitative estimate of drug-likeness (QED) is 0.844. The summed E-state index contributed by atoms with van der Waals surface area (Å²) in [7, 11) is 1.60. The van der Waals surface area contributed by atoms with E-state index >= 15 is 0 Å². The summed E-state index contributed by atoms with van der Waals surface area (Å²) in [6, 6.07) is 4.79. The van der Waals surface area contributed by atoms with E-state index in [1.807, 2.05) is 18.2 Å². The van der Waals surface area contributed by atoms with Crippen LogP contribution in [0.5, 0.6) is 5.75 Å². The van der Waals surface area contributed by atoms with Crippen LogP contribution in [0.3, 0.4) is 0 Å². The van der Waals surface area contributed by atoms with Crippen LogP contribution in [-0.2, 0) is 9.53 Å². The van der Waals surface area contributed by atoms with E-state index < -0.39 is 12.0 Å². The fourth-order valence-corrected chi connectivity index (χ4v) is 1.86. The summed E-state index contributed by atoms with van der Waals surface area (Å²) >= 11 is 0. The summed E-state index contributed by atoms with van der Waals surface area (Å²) in [4.78, 5) is 14.7. The number of nitrogens with one attached hydrogen (secondary N) is 1. The van der Waals surface area contributed by atoms with Crippen molar-refractivity contribution in [2.75, 3.05) is 13.7 Å². The normalized spacial score (nSPS) is 11.7. The van der Waals surface area contributed by atoms with Crippen molar-refractivity contribution in [1.82, 2.24) is 4.98 Å². The molecule has 1 atom stereocenters. The monoisotopic (exact) mass is 284 g/mol. The van der Waals surface area contributed by atoms with Crippen LogP contribution in [0.25, 0.3) is 10.9 Å². The molecule has 1 aromatic heterocycles. The molecule has 0 spiro atoms. The second kappa shape index (κ2) is 6.45. The van der Waals surface area contributed by atoms with E-state index in [1.165, 1.54) is 0 Å². The lowest BCUT2D eigenvalue weighted by molar-refractivity contribution is -0.144. The molecule has 2 aromatic rings. The fraction of sp³-hybridized carbons (Fsp3) is 0.308. The number of rotatable bonds is 4. The zero-order chi connectivity index (χ0) is 13.1. The van der Waals surface area contributed by atoms with E-state index in [0.717, 1.165) is 16.7 Å². The summed E-state index contributed by atoms with van der Waals surface area (Å²) in [6.45, 7) is 2.07. The minimum atomic E-state index is -0.786. The number of hydrogen-bond acceptors (Lipinski definition) is 4. The van der Waals surface area contributed by atoms with Gasteiger partial charge in [0.25, 0.3) is 0 Å². The maximum absolute atomic E-state index is 11.6. The van der Waals surface area contributed by atoms with Gasteiger partial charge in [0, 0.05) is 22.7 Å². The van der Waals surface area contributed by atoms with Gasteiger partial charge in [-0.05, 0) is 25.1 Å². The van der Waals surface area contributed by atoms with Gasteiger partial charge in [0.2, 0.25) is 0 Å². The van der Waals surface area contributed by atoms with Crippen LogP contribution in [0.2, 0.25) is 0 Å². The molecule has 1 unspecified atom stereocenters. The van der Waals surface area contributed by atoms with Crippen LogP contribution in [0.4, 0.5) is 0 Å². The molecule has 6 heteroatoms. The highest BCUT2D eigenvalue weighted by Gasteiger charge is 2.20. The third-order valence-electron chi connectivity index (χ3n) is 2.80. The van der Waals surface area contributed by atoms with Crippen LogP contribution in [-0.4, -0.2) is 24.7 Å². The van der Waals surface area contributed by atoms with Crippen molar-refractivity contribution in [3.05, 3.63) is 30.0 Å². The maximum Gasteiger partial charge on any atom is 0.327 e. The Morgan fingerprint density at radius 1 is 1.47 bits per heavy atom. The van der Waals surface area contributed by atoms with Crippen molar-refractivity contribution in [3.8, 4) is 5.75 Å². The molecule has 3 N–H and O–H groups in total. The first kappa shape index (κ1) is 15.3. The van der Waals surface area contributed by atoms with Crippen LogP contribution < -0.4 is 10.5 Å². The molecular weight excluding hydrogens is 268 g/mol. The smallest absolute Gasteiger partial charge is 0.327 e. The first-order valence-corrected chi connectivity index (χ1v) is 5.74. The van der Waals surface area contributed by atoms with Gasteiger partial charge in [0.05, 0.1) is 13.7 Å². The minimum absolute atomic E-state index is 0. The van der Waals surface area contributed by atoms with Gasteiger partial charge in [-0.25, -0.2) is 4.79 Å². The Balaban J connectivity index is 0.00000180. The highest BCUT2D eigenvalue weighted by atomic mass is 35.5. The molecule has 5 nitrogen and oxygen atoms in total. The highest BCUT2D eigenvalue weighted by molar-refractivity contribution is 5.90. The molecule has 19 heavy (non-hydrogen) atoms. The molecule has 104 valence electrons. The van der Waals surface area contributed by atoms with Crippen molar-refractivity contribution in [3.63, 3.8) is 0 Å². The molecule has 0 aliphatic rings. The van der Waals surface area contributed by atoms with Gasteiger partial charge in [0.1, 0.15) is 11.8 Å². The van der Waals surface area contributed by atoms with Crippen molar-refractivity contribution in [2.45, 2.75) is 13.0 Å². The fourth-order valence-electron chi connectivity index (χ4n) is 1.86. The standard InChI is InChI=1S/C13H16N2O3.ClH/c1-3-18-13(16)12(14)10-7-15-11-5-4-8(17-2)6-9(10)11;/h4-7,12,15H,3,14H2,1-2H3;1H. The zero-order valence-corrected chi connectivity index (χ0v) is 11.6. The molecule has 0 amide bonds. The summed E-state index contributed by atoms with van der Waals surface area (Å²) in [5, 5.41) is 0.870. The second-order valence-corrected chi connectivity index (χ2v) is 3.89. The number of fused-ring (bicyclic) bond motifs is 1. The van der Waals surface area contributed by atoms with E-state index in [-0.39, 0.29) is 12.4 Å². The molecule has 0 saturated carbocycles. The Bertz CT molecular complexity index is 568. The zero-order valence-electron chi connectivity index (χ0n) is 10.8. The molecule has 0 aliphatic heterocycles. The van der Waals surface area contributed by atoms with Gasteiger partial charge in [0.15, 0.2) is 0 Å². The summed E-state index contributed by atoms with van der Waals surface area (Å²) in [5.41, 5.74) is 7.51. The van der Waals surface area contributed by atoms with Crippen molar-refractivity contribution in [2.24, 2.45) is 5.73 Å². The average Bonchev–Trinajstić information content (AvgIpc) is 2.80. The summed E-state index contributed by atoms with van der Waals surface area (Å²) < 4.78 is 10.1. The number of halogens is 1. The van der Waals surface area contributed by atoms with E-state index in [9.17, 15) is 4.79 Å². The van der Waals surface area contributed by atoms with Crippen molar-refractivity contribution in [1.29, 1.82) is 0 Å². The number of hydrogen-bond donors (Lipinski definition) is 2. The first-order valence-electron chi connectivity index (χ1n) is 5.74. The third kappa shape index (κ3) is 3.00. The van der Waals surface area contributed by atoms with Gasteiger partial charge in [-0.2, -0.15) is 0 Å². The van der Waals surface area contributed by atoms with E-state index in [0.29, 0.717) is 12.2 Å². The number of methoxy groups -OCH3 is 1. The largest absolute Gasteiger partial charge is 0.497 e. The molecule has 1 aromatic carbocycles. The lowest BCUT2D eigenvalue weighted by Crippen LogP contribution is -2.23. The Hall–Kier alpha value is -1.72. The lowest BCUT2D eigenvalue weighted by atomic mass is 10.1. The third-order valence-corrected chi connectivity index (χ3v) is 2.80. The Morgan fingerprint density at radius 2 is 2.21 bits per heavy atom. The topological polar surface area (TPSA) is 77.3 Å². The number of carbonyl (C=O) groups is 1. The minimum Gasteiger partial charge on any atom is -0.497 e. The molecule has 0 saturated heterocycles. The maximum atomic E-state index is 11.6. The number of esters is 1. The summed E-state index contributed by atoms with van der Waals surface area (Å²) in [5.74, 6) is 0.292. The Kier molecular flexibility index (Phi) is 5.20. The average molecular weight is 285 g/mol. The van der Waals surface area contributed by atoms with Gasteiger partial charge < -0.3 is 20.2 Å². The number of H-pyrrole nitrogens is 1. The van der Waals surface area contributed by atoms with Gasteiger partial charge >= 0.3 is 5.97 Å². The van der Waals surface area contributed by atoms with Crippen molar-refractivity contribution >= 4 is 29.3 Å². The van der Waals surface area contributed by atoms with Crippen LogP contribution in [0.1, 0.15) is 18.5 Å². The van der Waals surface area contributed by atoms with E-state index in [1.54, 1.807) is 20.2 Å². The number of carbonyl (C=O) groups excluding carboxylic acids is 1. The first-order chi connectivity index (χ1) is 8.67. The molecule has 0 fully saturated rings. The van der Waals surface area contributed by atoms with E-state index in [2.05, 4.69) is 4.98 Å². The molecular formula is C13H17ClN2O3. The molecule has 1 heterocycles. The SMILES string of the molecule is CCOC(=O)C(N)c1c[nH]c2ccc(OC)cc12.Cl. The molecule has 0 aliphatic carbocycles.